The Balaban J connectivity index is 2.58. The van der Waals surface area contributed by atoms with Crippen LogP contribution in [0, 0.1) is 10.1 Å². The predicted molar refractivity (Wildman–Crippen MR) is 72.4 cm³/mol. The van der Waals surface area contributed by atoms with Crippen LogP contribution in [0.5, 0.6) is 11.5 Å². The van der Waals surface area contributed by atoms with Gasteiger partial charge in [-0.25, -0.2) is 13.6 Å². The number of methoxy groups -OCH3 is 1. The van der Waals surface area contributed by atoms with E-state index in [1.165, 1.54) is 25.3 Å². The van der Waals surface area contributed by atoms with Gasteiger partial charge in [0.15, 0.2) is 11.5 Å². The minimum absolute atomic E-state index is 0.106. The molecule has 0 heterocycles. The molecule has 20 heavy (non-hydrogen) atoms. The van der Waals surface area contributed by atoms with Gasteiger partial charge in [-0.05, 0) is 18.9 Å². The zero-order valence-electron chi connectivity index (χ0n) is 10.9. The van der Waals surface area contributed by atoms with Crippen molar-refractivity contribution in [1.82, 2.24) is 0 Å². The summed E-state index contributed by atoms with van der Waals surface area (Å²) in [6.45, 7) is 0.215. The van der Waals surface area contributed by atoms with E-state index in [9.17, 15) is 18.5 Å². The lowest BCUT2D eigenvalue weighted by atomic mass is 10.3. The maximum absolute atomic E-state index is 10.7. The van der Waals surface area contributed by atoms with Crippen LogP contribution in [0.1, 0.15) is 12.8 Å². The molecule has 9 heteroatoms. The van der Waals surface area contributed by atoms with Crippen molar-refractivity contribution in [2.75, 3.05) is 19.5 Å². The topological polar surface area (TPSA) is 122 Å². The number of sulfonamides is 1. The van der Waals surface area contributed by atoms with E-state index in [2.05, 4.69) is 0 Å². The Hall–Kier alpha value is -1.87. The predicted octanol–water partition coefficient (Wildman–Crippen LogP) is 1.05. The number of ether oxygens (including phenoxy) is 2. The number of nitrogens with two attached hydrogens (primary N) is 1. The summed E-state index contributed by atoms with van der Waals surface area (Å²) in [5.41, 5.74) is -0.106. The smallest absolute Gasteiger partial charge is 0.273 e. The molecule has 0 fully saturated rings. The van der Waals surface area contributed by atoms with Gasteiger partial charge in [-0.1, -0.05) is 0 Å². The van der Waals surface area contributed by atoms with Gasteiger partial charge in [0.2, 0.25) is 10.0 Å². The number of nitrogens with zero attached hydrogens (tertiary/aromatic N) is 1. The molecule has 0 saturated carbocycles. The Morgan fingerprint density at radius 2 is 2.00 bits per heavy atom. The van der Waals surface area contributed by atoms with E-state index in [-0.39, 0.29) is 23.8 Å². The monoisotopic (exact) mass is 304 g/mol. The van der Waals surface area contributed by atoms with E-state index in [1.807, 2.05) is 0 Å². The highest BCUT2D eigenvalue weighted by atomic mass is 32.2. The molecule has 8 nitrogen and oxygen atoms in total. The van der Waals surface area contributed by atoms with Crippen LogP contribution in [0.15, 0.2) is 18.2 Å². The fourth-order valence-electron chi connectivity index (χ4n) is 1.48. The molecular formula is C11H16N2O6S. The number of nitro groups is 1. The quantitative estimate of drug-likeness (QED) is 0.435. The number of non-ortho nitro benzene ring substituents is 1. The molecule has 0 radical (unpaired) electrons. The van der Waals surface area contributed by atoms with E-state index in [0.717, 1.165) is 0 Å². The highest BCUT2D eigenvalue weighted by molar-refractivity contribution is 7.89. The number of rotatable bonds is 8. The highest BCUT2D eigenvalue weighted by Gasteiger charge is 2.12. The van der Waals surface area contributed by atoms with Gasteiger partial charge >= 0.3 is 0 Å². The van der Waals surface area contributed by atoms with E-state index in [1.54, 1.807) is 0 Å². The Morgan fingerprint density at radius 3 is 2.55 bits per heavy atom. The van der Waals surface area contributed by atoms with E-state index in [0.29, 0.717) is 18.6 Å². The summed E-state index contributed by atoms with van der Waals surface area (Å²) < 4.78 is 31.8. The van der Waals surface area contributed by atoms with Gasteiger partial charge in [0.25, 0.3) is 5.69 Å². The Bertz CT molecular complexity index is 572. The maximum Gasteiger partial charge on any atom is 0.273 e. The molecule has 0 bridgehead atoms. The molecule has 0 saturated heterocycles. The Labute approximate surface area is 116 Å². The van der Waals surface area contributed by atoms with Crippen LogP contribution in [0.3, 0.4) is 0 Å². The van der Waals surface area contributed by atoms with Gasteiger partial charge in [-0.2, -0.15) is 0 Å². The van der Waals surface area contributed by atoms with Crippen molar-refractivity contribution in [3.8, 4) is 11.5 Å². The first-order valence-corrected chi connectivity index (χ1v) is 7.51. The minimum atomic E-state index is -3.47. The van der Waals surface area contributed by atoms with Gasteiger partial charge in [0.1, 0.15) is 0 Å². The molecular weight excluding hydrogens is 288 g/mol. The summed E-state index contributed by atoms with van der Waals surface area (Å²) in [5, 5.41) is 15.5. The standard InChI is InChI=1S/C11H16N2O6S/c1-18-10-5-4-9(13(14)15)8-11(10)19-6-2-3-7-20(12,16)17/h4-5,8H,2-3,6-7H2,1H3,(H2,12,16,17). The summed E-state index contributed by atoms with van der Waals surface area (Å²) in [6.07, 6.45) is 0.818. The van der Waals surface area contributed by atoms with Crippen LogP contribution in [-0.4, -0.2) is 32.8 Å². The normalized spacial score (nSPS) is 11.1. The molecule has 1 aromatic rings. The zero-order chi connectivity index (χ0) is 15.2. The Kier molecular flexibility index (Phi) is 5.71. The van der Waals surface area contributed by atoms with E-state index < -0.39 is 14.9 Å². The first-order chi connectivity index (χ1) is 9.33. The van der Waals surface area contributed by atoms with Gasteiger partial charge < -0.3 is 9.47 Å². The van der Waals surface area contributed by atoms with Crippen molar-refractivity contribution in [3.63, 3.8) is 0 Å². The van der Waals surface area contributed by atoms with Gasteiger partial charge in [-0.3, -0.25) is 10.1 Å². The number of benzene rings is 1. The largest absolute Gasteiger partial charge is 0.493 e. The lowest BCUT2D eigenvalue weighted by molar-refractivity contribution is -0.385. The van der Waals surface area contributed by atoms with Crippen LogP contribution in [0.4, 0.5) is 5.69 Å². The molecule has 0 spiro atoms. The molecule has 2 N–H and O–H groups in total. The third kappa shape index (κ3) is 5.41. The number of primary sulfonamides is 1. The average Bonchev–Trinajstić information content (AvgIpc) is 2.36. The van der Waals surface area contributed by atoms with E-state index >= 15 is 0 Å². The van der Waals surface area contributed by atoms with Gasteiger partial charge in [0.05, 0.1) is 30.5 Å². The van der Waals surface area contributed by atoms with Crippen molar-refractivity contribution >= 4 is 15.7 Å². The third-order valence-electron chi connectivity index (χ3n) is 2.44. The molecule has 0 aliphatic heterocycles. The summed E-state index contributed by atoms with van der Waals surface area (Å²) in [4.78, 5) is 10.1. The first kappa shape index (κ1) is 16.2. The zero-order valence-corrected chi connectivity index (χ0v) is 11.8. The summed E-state index contributed by atoms with van der Waals surface area (Å²) in [7, 11) is -2.04. The average molecular weight is 304 g/mol. The molecule has 1 aromatic carbocycles. The summed E-state index contributed by atoms with van der Waals surface area (Å²) in [6, 6.07) is 4.02. The maximum atomic E-state index is 10.7. The number of hydrogen-bond acceptors (Lipinski definition) is 6. The van der Waals surface area contributed by atoms with Crippen LogP contribution in [0.25, 0.3) is 0 Å². The molecule has 1 rings (SSSR count). The third-order valence-corrected chi connectivity index (χ3v) is 3.30. The van der Waals surface area contributed by atoms with E-state index in [4.69, 9.17) is 14.6 Å². The lowest BCUT2D eigenvalue weighted by Crippen LogP contribution is -2.16. The minimum Gasteiger partial charge on any atom is -0.493 e. The second-order valence-corrected chi connectivity index (χ2v) is 5.75. The molecule has 0 atom stereocenters. The van der Waals surface area contributed by atoms with Crippen molar-refractivity contribution in [2.45, 2.75) is 12.8 Å². The van der Waals surface area contributed by atoms with Crippen LogP contribution in [0.2, 0.25) is 0 Å². The van der Waals surface area contributed by atoms with Crippen molar-refractivity contribution < 1.29 is 22.8 Å². The van der Waals surface area contributed by atoms with Crippen LogP contribution < -0.4 is 14.6 Å². The highest BCUT2D eigenvalue weighted by Crippen LogP contribution is 2.31. The van der Waals surface area contributed by atoms with Crippen molar-refractivity contribution in [2.24, 2.45) is 5.14 Å². The number of nitro benzene ring substituents is 1. The fraction of sp³-hybridized carbons (Fsp3) is 0.455. The summed E-state index contributed by atoms with van der Waals surface area (Å²) >= 11 is 0. The second-order valence-electron chi connectivity index (χ2n) is 4.01. The lowest BCUT2D eigenvalue weighted by Gasteiger charge is -2.10. The fourth-order valence-corrected chi connectivity index (χ4v) is 2.09. The molecule has 0 unspecified atom stereocenters. The van der Waals surface area contributed by atoms with Crippen molar-refractivity contribution in [3.05, 3.63) is 28.3 Å². The molecule has 112 valence electrons. The molecule has 0 aliphatic rings. The number of unbranched alkanes of at least 4 members (excludes halogenated alkanes) is 1. The van der Waals surface area contributed by atoms with Gasteiger partial charge in [0, 0.05) is 6.07 Å². The SMILES string of the molecule is COc1ccc([N+](=O)[O-])cc1OCCCCS(N)(=O)=O. The first-order valence-electron chi connectivity index (χ1n) is 5.79. The molecule has 0 aromatic heterocycles. The second kappa shape index (κ2) is 7.06. The number of hydrogen-bond donors (Lipinski definition) is 1. The molecule has 0 aliphatic carbocycles. The Morgan fingerprint density at radius 1 is 1.30 bits per heavy atom. The van der Waals surface area contributed by atoms with Crippen LogP contribution in [-0.2, 0) is 10.0 Å². The van der Waals surface area contributed by atoms with Crippen LogP contribution >= 0.6 is 0 Å². The van der Waals surface area contributed by atoms with Gasteiger partial charge in [-0.15, -0.1) is 0 Å². The molecule has 0 amide bonds. The van der Waals surface area contributed by atoms with Crippen molar-refractivity contribution in [1.29, 1.82) is 0 Å². The summed E-state index contributed by atoms with van der Waals surface area (Å²) in [5.74, 6) is 0.502.